The summed E-state index contributed by atoms with van der Waals surface area (Å²) in [5.41, 5.74) is 10.3. The van der Waals surface area contributed by atoms with Crippen LogP contribution in [0.15, 0.2) is 182 Å². The van der Waals surface area contributed by atoms with Crippen LogP contribution >= 0.6 is 0 Å². The van der Waals surface area contributed by atoms with Gasteiger partial charge in [-0.15, -0.1) is 0 Å². The Morgan fingerprint density at radius 2 is 0.635 bits per heavy atom. The highest BCUT2D eigenvalue weighted by Gasteiger charge is 2.15. The summed E-state index contributed by atoms with van der Waals surface area (Å²) in [5.74, 6) is 0.641. The first-order valence-corrected chi connectivity index (χ1v) is 17.5. The number of nitrogens with zero attached hydrogens (tertiary/aromatic N) is 4. The van der Waals surface area contributed by atoms with E-state index in [1.165, 1.54) is 21.5 Å². The summed E-state index contributed by atoms with van der Waals surface area (Å²) in [6.45, 7) is 0. The van der Waals surface area contributed by atoms with Crippen LogP contribution in [0, 0.1) is 0 Å². The van der Waals surface area contributed by atoms with Gasteiger partial charge in [-0.3, -0.25) is 0 Å². The van der Waals surface area contributed by atoms with Crippen LogP contribution in [0.25, 0.3) is 99.8 Å². The van der Waals surface area contributed by atoms with Crippen molar-refractivity contribution in [2.45, 2.75) is 0 Å². The molecule has 4 heteroatoms. The molecule has 0 N–H and O–H groups in total. The van der Waals surface area contributed by atoms with Crippen molar-refractivity contribution in [3.63, 3.8) is 0 Å². The number of hydrogen-bond donors (Lipinski definition) is 0. The molecule has 3 heterocycles. The summed E-state index contributed by atoms with van der Waals surface area (Å²) >= 11 is 0. The molecule has 7 aromatic carbocycles. The Kier molecular flexibility index (Phi) is 7.10. The lowest BCUT2D eigenvalue weighted by molar-refractivity contribution is 1.18. The summed E-state index contributed by atoms with van der Waals surface area (Å²) in [7, 11) is 0. The molecule has 0 spiro atoms. The van der Waals surface area contributed by atoms with Gasteiger partial charge in [0.2, 0.25) is 0 Å². The van der Waals surface area contributed by atoms with E-state index in [1.807, 2.05) is 36.4 Å². The lowest BCUT2D eigenvalue weighted by Crippen LogP contribution is -1.97. The topological polar surface area (TPSA) is 51.6 Å². The maximum Gasteiger partial charge on any atom is 0.160 e. The second-order valence-corrected chi connectivity index (χ2v) is 13.2. The summed E-state index contributed by atoms with van der Waals surface area (Å²) in [6, 6.07) is 63.3. The molecule has 3 aromatic heterocycles. The predicted molar refractivity (Wildman–Crippen MR) is 215 cm³/mol. The number of pyridine rings is 2. The lowest BCUT2D eigenvalue weighted by Gasteiger charge is -2.13. The van der Waals surface area contributed by atoms with Crippen molar-refractivity contribution >= 4 is 43.4 Å². The molecule has 4 nitrogen and oxygen atoms in total. The largest absolute Gasteiger partial charge is 0.248 e. The van der Waals surface area contributed by atoms with Crippen LogP contribution in [0.4, 0.5) is 0 Å². The molecule has 0 unspecified atom stereocenters. The Morgan fingerprint density at radius 3 is 1.10 bits per heavy atom. The zero-order chi connectivity index (χ0) is 34.4. The zero-order valence-corrected chi connectivity index (χ0v) is 28.1. The summed E-state index contributed by atoms with van der Waals surface area (Å²) in [4.78, 5) is 20.8. The molecule has 0 radical (unpaired) electrons. The van der Waals surface area contributed by atoms with E-state index in [1.54, 1.807) is 0 Å². The van der Waals surface area contributed by atoms with Crippen molar-refractivity contribution in [1.29, 1.82) is 0 Å². The van der Waals surface area contributed by atoms with Gasteiger partial charge in [-0.25, -0.2) is 19.9 Å². The molecule has 0 bridgehead atoms. The molecule has 0 saturated carbocycles. The standard InChI is InChI=1S/C48H30N4/c1-3-11-31(12-4-1)46-30-47(32-13-5-2-6-14-32)52-48(51-46)41-26-39(42-21-19-37-23-33-15-7-9-17-35(33)28-44(37)49-42)25-40(27-41)43-22-20-38-24-34-16-8-10-18-36(34)29-45(38)50-43/h1-30H. The number of fused-ring (bicyclic) bond motifs is 4. The molecule has 0 fully saturated rings. The number of aromatic nitrogens is 4. The molecular formula is C48H30N4. The van der Waals surface area contributed by atoms with Gasteiger partial charge in [0.1, 0.15) is 0 Å². The molecule has 10 aromatic rings. The Hall–Kier alpha value is -7.04. The minimum Gasteiger partial charge on any atom is -0.248 e. The molecule has 52 heavy (non-hydrogen) atoms. The van der Waals surface area contributed by atoms with Gasteiger partial charge in [-0.1, -0.05) is 121 Å². The SMILES string of the molecule is c1ccc(-c2cc(-c3ccccc3)nc(-c3cc(-c4ccc5cc6ccccc6cc5n4)cc(-c4ccc5cc6ccccc6cc5n4)c3)n2)cc1. The van der Waals surface area contributed by atoms with Gasteiger partial charge in [-0.05, 0) is 82.2 Å². The Balaban J connectivity index is 1.19. The van der Waals surface area contributed by atoms with E-state index in [4.69, 9.17) is 19.9 Å². The van der Waals surface area contributed by atoms with E-state index in [-0.39, 0.29) is 0 Å². The molecule has 0 aliphatic rings. The summed E-state index contributed by atoms with van der Waals surface area (Å²) < 4.78 is 0. The fraction of sp³-hybridized carbons (Fsp3) is 0. The van der Waals surface area contributed by atoms with Crippen LogP contribution in [-0.4, -0.2) is 19.9 Å². The molecule has 0 aliphatic heterocycles. The van der Waals surface area contributed by atoms with Crippen LogP contribution in [0.5, 0.6) is 0 Å². The second-order valence-electron chi connectivity index (χ2n) is 13.2. The fourth-order valence-corrected chi connectivity index (χ4v) is 7.09. The zero-order valence-electron chi connectivity index (χ0n) is 28.1. The fourth-order valence-electron chi connectivity index (χ4n) is 7.09. The second kappa shape index (κ2) is 12.4. The van der Waals surface area contributed by atoms with Gasteiger partial charge >= 0.3 is 0 Å². The quantitative estimate of drug-likeness (QED) is 0.172. The third-order valence-corrected chi connectivity index (χ3v) is 9.76. The van der Waals surface area contributed by atoms with Crippen molar-refractivity contribution < 1.29 is 0 Å². The average Bonchev–Trinajstić information content (AvgIpc) is 3.22. The van der Waals surface area contributed by atoms with E-state index < -0.39 is 0 Å². The predicted octanol–water partition coefficient (Wildman–Crippen LogP) is 12.2. The van der Waals surface area contributed by atoms with E-state index in [9.17, 15) is 0 Å². The molecule has 0 saturated heterocycles. The highest BCUT2D eigenvalue weighted by Crippen LogP contribution is 2.35. The Bertz CT molecular complexity index is 2760. The van der Waals surface area contributed by atoms with E-state index >= 15 is 0 Å². The van der Waals surface area contributed by atoms with Crippen LogP contribution in [0.1, 0.15) is 0 Å². The highest BCUT2D eigenvalue weighted by atomic mass is 14.9. The molecule has 0 aliphatic carbocycles. The maximum absolute atomic E-state index is 5.22. The molecule has 10 rings (SSSR count). The van der Waals surface area contributed by atoms with Gasteiger partial charge in [0.15, 0.2) is 5.82 Å². The molecule has 0 atom stereocenters. The van der Waals surface area contributed by atoms with Crippen molar-refractivity contribution in [3.8, 4) is 56.4 Å². The van der Waals surface area contributed by atoms with Crippen LogP contribution in [0.2, 0.25) is 0 Å². The van der Waals surface area contributed by atoms with E-state index in [2.05, 4.69) is 146 Å². The Labute approximate surface area is 300 Å². The van der Waals surface area contributed by atoms with Gasteiger partial charge in [0, 0.05) is 38.6 Å². The first kappa shape index (κ1) is 29.8. The first-order chi connectivity index (χ1) is 25.7. The summed E-state index contributed by atoms with van der Waals surface area (Å²) in [6.07, 6.45) is 0. The minimum absolute atomic E-state index is 0.641. The van der Waals surface area contributed by atoms with Crippen molar-refractivity contribution in [2.24, 2.45) is 0 Å². The van der Waals surface area contributed by atoms with Gasteiger partial charge < -0.3 is 0 Å². The van der Waals surface area contributed by atoms with Crippen molar-refractivity contribution in [3.05, 3.63) is 182 Å². The van der Waals surface area contributed by atoms with Crippen LogP contribution < -0.4 is 0 Å². The minimum atomic E-state index is 0.641. The van der Waals surface area contributed by atoms with E-state index in [0.717, 1.165) is 72.4 Å². The summed E-state index contributed by atoms with van der Waals surface area (Å²) in [5, 5.41) is 6.95. The van der Waals surface area contributed by atoms with Gasteiger partial charge in [-0.2, -0.15) is 0 Å². The van der Waals surface area contributed by atoms with Crippen LogP contribution in [-0.2, 0) is 0 Å². The average molecular weight is 663 g/mol. The third kappa shape index (κ3) is 5.53. The molecule has 242 valence electrons. The highest BCUT2D eigenvalue weighted by molar-refractivity contribution is 5.98. The number of benzene rings is 7. The normalized spacial score (nSPS) is 11.5. The van der Waals surface area contributed by atoms with E-state index in [0.29, 0.717) is 5.82 Å². The maximum atomic E-state index is 5.22. The molecular weight excluding hydrogens is 633 g/mol. The molecule has 0 amide bonds. The first-order valence-electron chi connectivity index (χ1n) is 17.5. The Morgan fingerprint density at radius 1 is 0.231 bits per heavy atom. The van der Waals surface area contributed by atoms with Crippen molar-refractivity contribution in [1.82, 2.24) is 19.9 Å². The van der Waals surface area contributed by atoms with Gasteiger partial charge in [0.05, 0.1) is 33.8 Å². The smallest absolute Gasteiger partial charge is 0.160 e. The van der Waals surface area contributed by atoms with Gasteiger partial charge in [0.25, 0.3) is 0 Å². The lowest BCUT2D eigenvalue weighted by atomic mass is 9.98. The number of hydrogen-bond acceptors (Lipinski definition) is 4. The number of rotatable bonds is 5. The van der Waals surface area contributed by atoms with Crippen LogP contribution in [0.3, 0.4) is 0 Å². The van der Waals surface area contributed by atoms with Crippen molar-refractivity contribution in [2.75, 3.05) is 0 Å². The third-order valence-electron chi connectivity index (χ3n) is 9.76. The monoisotopic (exact) mass is 662 g/mol.